The average molecular weight is 192 g/mol. The van der Waals surface area contributed by atoms with Crippen molar-refractivity contribution in [3.63, 3.8) is 0 Å². The zero-order chi connectivity index (χ0) is 10.6. The van der Waals surface area contributed by atoms with Crippen LogP contribution in [0.5, 0.6) is 5.75 Å². The molecule has 0 aliphatic heterocycles. The summed E-state index contributed by atoms with van der Waals surface area (Å²) in [6, 6.07) is 9.84. The fourth-order valence-electron chi connectivity index (χ4n) is 0.896. The Labute approximate surface area is 87.4 Å². The van der Waals surface area contributed by atoms with Crippen molar-refractivity contribution in [1.82, 2.24) is 0 Å². The molecule has 1 aromatic carbocycles. The van der Waals surface area contributed by atoms with E-state index in [1.807, 2.05) is 50.3 Å². The molecule has 0 saturated heterocycles. The first-order chi connectivity index (χ1) is 6.93. The van der Waals surface area contributed by atoms with Gasteiger partial charge in [-0.2, -0.15) is 0 Å². The number of hydrogen-bond donors (Lipinski definition) is 0. The maximum absolute atomic E-state index is 5.42. The predicted octanol–water partition coefficient (Wildman–Crippen LogP) is 4.06. The second-order valence-electron chi connectivity index (χ2n) is 2.50. The smallest absolute Gasteiger partial charge is 0.119 e. The highest BCUT2D eigenvalue weighted by Crippen LogP contribution is 2.07. The standard InChI is InChI=1S/C11H14O.C2H6/c1-2-3-7-10-12-11-8-5-4-6-9-11;1-2/h3-9H,2,10H2,1H3;1-2H3/b7-3+;. The maximum Gasteiger partial charge on any atom is 0.119 e. The molecule has 0 atom stereocenters. The van der Waals surface area contributed by atoms with Gasteiger partial charge in [-0.3, -0.25) is 0 Å². The van der Waals surface area contributed by atoms with Crippen LogP contribution in [0.15, 0.2) is 42.5 Å². The number of ether oxygens (including phenoxy) is 1. The number of hydrogen-bond acceptors (Lipinski definition) is 1. The maximum atomic E-state index is 5.42. The Bertz CT molecular complexity index is 226. The van der Waals surface area contributed by atoms with Crippen molar-refractivity contribution in [2.45, 2.75) is 27.2 Å². The molecule has 14 heavy (non-hydrogen) atoms. The van der Waals surface area contributed by atoms with Crippen molar-refractivity contribution in [3.8, 4) is 5.75 Å². The third-order valence-corrected chi connectivity index (χ3v) is 1.49. The van der Waals surface area contributed by atoms with E-state index in [-0.39, 0.29) is 0 Å². The Morgan fingerprint density at radius 3 is 2.29 bits per heavy atom. The minimum atomic E-state index is 0.665. The number of allylic oxidation sites excluding steroid dienone is 1. The molecule has 0 radical (unpaired) electrons. The van der Waals surface area contributed by atoms with Crippen LogP contribution in [0.3, 0.4) is 0 Å². The lowest BCUT2D eigenvalue weighted by atomic mass is 10.3. The van der Waals surface area contributed by atoms with Gasteiger partial charge in [0, 0.05) is 0 Å². The average Bonchev–Trinajstić information content (AvgIpc) is 2.29. The molecule has 0 fully saturated rings. The van der Waals surface area contributed by atoms with Crippen LogP contribution in [0.1, 0.15) is 27.2 Å². The summed E-state index contributed by atoms with van der Waals surface area (Å²) in [6.07, 6.45) is 5.20. The van der Waals surface area contributed by atoms with E-state index in [2.05, 4.69) is 13.0 Å². The predicted molar refractivity (Wildman–Crippen MR) is 62.7 cm³/mol. The van der Waals surface area contributed by atoms with E-state index in [0.29, 0.717) is 6.61 Å². The summed E-state index contributed by atoms with van der Waals surface area (Å²) < 4.78 is 5.42. The van der Waals surface area contributed by atoms with Crippen molar-refractivity contribution in [2.75, 3.05) is 6.61 Å². The van der Waals surface area contributed by atoms with Crippen LogP contribution in [0, 0.1) is 0 Å². The molecule has 0 heterocycles. The lowest BCUT2D eigenvalue weighted by Gasteiger charge is -2.00. The van der Waals surface area contributed by atoms with Crippen molar-refractivity contribution >= 4 is 0 Å². The van der Waals surface area contributed by atoms with Crippen LogP contribution in [0.4, 0.5) is 0 Å². The Balaban J connectivity index is 0.000000791. The summed E-state index contributed by atoms with van der Waals surface area (Å²) in [5, 5.41) is 0. The van der Waals surface area contributed by atoms with Gasteiger partial charge in [0.1, 0.15) is 12.4 Å². The molecule has 0 bridgehead atoms. The van der Waals surface area contributed by atoms with E-state index in [4.69, 9.17) is 4.74 Å². The lowest BCUT2D eigenvalue weighted by Crippen LogP contribution is -1.92. The topological polar surface area (TPSA) is 9.23 Å². The van der Waals surface area contributed by atoms with Gasteiger partial charge in [0.15, 0.2) is 0 Å². The van der Waals surface area contributed by atoms with Gasteiger partial charge < -0.3 is 4.74 Å². The van der Waals surface area contributed by atoms with Crippen molar-refractivity contribution in [3.05, 3.63) is 42.5 Å². The molecule has 0 N–H and O–H groups in total. The fraction of sp³-hybridized carbons (Fsp3) is 0.385. The summed E-state index contributed by atoms with van der Waals surface area (Å²) in [7, 11) is 0. The summed E-state index contributed by atoms with van der Waals surface area (Å²) >= 11 is 0. The van der Waals surface area contributed by atoms with Crippen LogP contribution in [-0.4, -0.2) is 6.61 Å². The van der Waals surface area contributed by atoms with Gasteiger partial charge in [-0.05, 0) is 18.6 Å². The van der Waals surface area contributed by atoms with Gasteiger partial charge in [-0.1, -0.05) is 51.1 Å². The minimum absolute atomic E-state index is 0.665. The van der Waals surface area contributed by atoms with Crippen LogP contribution in [0.25, 0.3) is 0 Å². The van der Waals surface area contributed by atoms with Crippen molar-refractivity contribution in [2.24, 2.45) is 0 Å². The first-order valence-electron chi connectivity index (χ1n) is 5.26. The van der Waals surface area contributed by atoms with Gasteiger partial charge in [-0.15, -0.1) is 0 Å². The molecular formula is C13H20O. The van der Waals surface area contributed by atoms with E-state index < -0.39 is 0 Å². The molecule has 1 nitrogen and oxygen atoms in total. The van der Waals surface area contributed by atoms with Crippen LogP contribution in [0.2, 0.25) is 0 Å². The molecular weight excluding hydrogens is 172 g/mol. The van der Waals surface area contributed by atoms with E-state index in [0.717, 1.165) is 12.2 Å². The van der Waals surface area contributed by atoms with E-state index in [1.54, 1.807) is 0 Å². The molecule has 1 rings (SSSR count). The highest BCUT2D eigenvalue weighted by molar-refractivity contribution is 5.21. The minimum Gasteiger partial charge on any atom is -0.490 e. The van der Waals surface area contributed by atoms with Crippen LogP contribution in [-0.2, 0) is 0 Å². The molecule has 1 heteroatoms. The SMILES string of the molecule is CC.CC/C=C/COc1ccccc1. The van der Waals surface area contributed by atoms with E-state index in [1.165, 1.54) is 0 Å². The molecule has 0 spiro atoms. The first-order valence-corrected chi connectivity index (χ1v) is 5.26. The highest BCUT2D eigenvalue weighted by atomic mass is 16.5. The third kappa shape index (κ3) is 6.30. The molecule has 0 amide bonds. The van der Waals surface area contributed by atoms with Gasteiger partial charge >= 0.3 is 0 Å². The number of para-hydroxylation sites is 1. The van der Waals surface area contributed by atoms with Gasteiger partial charge in [0.2, 0.25) is 0 Å². The zero-order valence-electron chi connectivity index (χ0n) is 9.36. The van der Waals surface area contributed by atoms with Gasteiger partial charge in [0.05, 0.1) is 0 Å². The largest absolute Gasteiger partial charge is 0.490 e. The Kier molecular flexibility index (Phi) is 8.97. The highest BCUT2D eigenvalue weighted by Gasteiger charge is 1.85. The summed E-state index contributed by atoms with van der Waals surface area (Å²) in [5.41, 5.74) is 0. The normalized spacial score (nSPS) is 9.36. The Morgan fingerprint density at radius 1 is 1.07 bits per heavy atom. The molecule has 0 aliphatic carbocycles. The molecule has 0 aliphatic rings. The van der Waals surface area contributed by atoms with E-state index >= 15 is 0 Å². The van der Waals surface area contributed by atoms with Crippen LogP contribution < -0.4 is 4.74 Å². The monoisotopic (exact) mass is 192 g/mol. The third-order valence-electron chi connectivity index (χ3n) is 1.49. The molecule has 78 valence electrons. The van der Waals surface area contributed by atoms with Crippen molar-refractivity contribution < 1.29 is 4.74 Å². The quantitative estimate of drug-likeness (QED) is 0.654. The first kappa shape index (κ1) is 12.8. The van der Waals surface area contributed by atoms with Gasteiger partial charge in [0.25, 0.3) is 0 Å². The summed E-state index contributed by atoms with van der Waals surface area (Å²) in [4.78, 5) is 0. The summed E-state index contributed by atoms with van der Waals surface area (Å²) in [5.74, 6) is 0.929. The zero-order valence-corrected chi connectivity index (χ0v) is 9.36. The Hall–Kier alpha value is -1.24. The lowest BCUT2D eigenvalue weighted by molar-refractivity contribution is 0.362. The second kappa shape index (κ2) is 9.85. The molecule has 0 unspecified atom stereocenters. The molecule has 1 aromatic rings. The van der Waals surface area contributed by atoms with Crippen LogP contribution >= 0.6 is 0 Å². The number of benzene rings is 1. The van der Waals surface area contributed by atoms with E-state index in [9.17, 15) is 0 Å². The summed E-state index contributed by atoms with van der Waals surface area (Å²) in [6.45, 7) is 6.77. The Morgan fingerprint density at radius 2 is 1.71 bits per heavy atom. The molecule has 0 aromatic heterocycles. The fourth-order valence-corrected chi connectivity index (χ4v) is 0.896. The molecule has 0 saturated carbocycles. The number of rotatable bonds is 4. The van der Waals surface area contributed by atoms with Crippen molar-refractivity contribution in [1.29, 1.82) is 0 Å². The van der Waals surface area contributed by atoms with Gasteiger partial charge in [-0.25, -0.2) is 0 Å². The second-order valence-corrected chi connectivity index (χ2v) is 2.50.